The SMILES string of the molecule is CCOc1ccccc1CNN. The molecule has 12 heavy (non-hydrogen) atoms. The van der Waals surface area contributed by atoms with Crippen LogP contribution in [0.25, 0.3) is 0 Å². The van der Waals surface area contributed by atoms with Gasteiger partial charge in [-0.15, -0.1) is 0 Å². The van der Waals surface area contributed by atoms with E-state index < -0.39 is 0 Å². The van der Waals surface area contributed by atoms with Crippen LogP contribution in [-0.4, -0.2) is 6.61 Å². The van der Waals surface area contributed by atoms with Gasteiger partial charge in [-0.3, -0.25) is 11.3 Å². The van der Waals surface area contributed by atoms with Crippen molar-refractivity contribution in [3.8, 4) is 5.75 Å². The predicted octanol–water partition coefficient (Wildman–Crippen LogP) is 1.05. The minimum absolute atomic E-state index is 0.635. The first kappa shape index (κ1) is 9.03. The van der Waals surface area contributed by atoms with Gasteiger partial charge in [-0.05, 0) is 13.0 Å². The van der Waals surface area contributed by atoms with E-state index in [2.05, 4.69) is 5.43 Å². The number of nitrogens with one attached hydrogen (secondary N) is 1. The Bertz CT molecular complexity index is 213. The van der Waals surface area contributed by atoms with Crippen molar-refractivity contribution >= 4 is 0 Å². The van der Waals surface area contributed by atoms with Crippen LogP contribution in [0.15, 0.2) is 24.3 Å². The number of hydrazine groups is 1. The molecule has 0 heterocycles. The number of ether oxygens (including phenoxy) is 1. The van der Waals surface area contributed by atoms with Gasteiger partial charge in [-0.2, -0.15) is 0 Å². The van der Waals surface area contributed by atoms with Gasteiger partial charge in [0.2, 0.25) is 0 Å². The lowest BCUT2D eigenvalue weighted by molar-refractivity contribution is 0.335. The zero-order chi connectivity index (χ0) is 8.81. The zero-order valence-electron chi connectivity index (χ0n) is 7.21. The Morgan fingerprint density at radius 1 is 1.42 bits per heavy atom. The van der Waals surface area contributed by atoms with E-state index in [0.29, 0.717) is 13.2 Å². The first-order valence-corrected chi connectivity index (χ1v) is 4.02. The molecule has 0 atom stereocenters. The number of nitrogens with two attached hydrogens (primary N) is 1. The summed E-state index contributed by atoms with van der Waals surface area (Å²) in [5.41, 5.74) is 3.69. The van der Waals surface area contributed by atoms with Crippen LogP contribution in [-0.2, 0) is 6.54 Å². The van der Waals surface area contributed by atoms with Crippen LogP contribution in [0.2, 0.25) is 0 Å². The van der Waals surface area contributed by atoms with Gasteiger partial charge in [0.15, 0.2) is 0 Å². The van der Waals surface area contributed by atoms with Gasteiger partial charge >= 0.3 is 0 Å². The standard InChI is InChI=1S/C9H14N2O/c1-2-12-9-6-4-3-5-8(9)7-11-10/h3-6,11H,2,7,10H2,1H3. The fraction of sp³-hybridized carbons (Fsp3) is 0.333. The van der Waals surface area contributed by atoms with E-state index in [0.717, 1.165) is 11.3 Å². The summed E-state index contributed by atoms with van der Waals surface area (Å²) in [6, 6.07) is 7.85. The number of benzene rings is 1. The molecule has 3 N–H and O–H groups in total. The molecule has 1 aromatic rings. The van der Waals surface area contributed by atoms with E-state index in [4.69, 9.17) is 10.6 Å². The van der Waals surface area contributed by atoms with Gasteiger partial charge in [0.05, 0.1) is 6.61 Å². The highest BCUT2D eigenvalue weighted by atomic mass is 16.5. The normalized spacial score (nSPS) is 9.83. The number of hydrogen-bond donors (Lipinski definition) is 2. The summed E-state index contributed by atoms with van der Waals surface area (Å²) in [6.45, 7) is 3.28. The molecular formula is C9H14N2O. The van der Waals surface area contributed by atoms with Crippen LogP contribution in [0.1, 0.15) is 12.5 Å². The van der Waals surface area contributed by atoms with Gasteiger partial charge in [0.1, 0.15) is 5.75 Å². The minimum Gasteiger partial charge on any atom is -0.494 e. The molecule has 3 heteroatoms. The Kier molecular flexibility index (Phi) is 3.57. The molecule has 66 valence electrons. The summed E-state index contributed by atoms with van der Waals surface area (Å²) in [7, 11) is 0. The van der Waals surface area contributed by atoms with Gasteiger partial charge in [0.25, 0.3) is 0 Å². The molecule has 0 spiro atoms. The van der Waals surface area contributed by atoms with Gasteiger partial charge < -0.3 is 4.74 Å². The molecule has 1 aromatic carbocycles. The van der Waals surface area contributed by atoms with Crippen molar-refractivity contribution in [2.45, 2.75) is 13.5 Å². The Morgan fingerprint density at radius 2 is 2.17 bits per heavy atom. The molecule has 0 saturated heterocycles. The van der Waals surface area contributed by atoms with Crippen molar-refractivity contribution in [2.75, 3.05) is 6.61 Å². The van der Waals surface area contributed by atoms with Crippen molar-refractivity contribution in [3.05, 3.63) is 29.8 Å². The Hall–Kier alpha value is -1.06. The maximum absolute atomic E-state index is 5.39. The number of rotatable bonds is 4. The Morgan fingerprint density at radius 3 is 2.83 bits per heavy atom. The van der Waals surface area contributed by atoms with E-state index >= 15 is 0 Å². The fourth-order valence-corrected chi connectivity index (χ4v) is 1.06. The molecular weight excluding hydrogens is 152 g/mol. The molecule has 0 amide bonds. The van der Waals surface area contributed by atoms with E-state index in [9.17, 15) is 0 Å². The lowest BCUT2D eigenvalue weighted by Crippen LogP contribution is -2.21. The monoisotopic (exact) mass is 166 g/mol. The second-order valence-corrected chi connectivity index (χ2v) is 2.42. The van der Waals surface area contributed by atoms with Gasteiger partial charge in [-0.1, -0.05) is 18.2 Å². The maximum Gasteiger partial charge on any atom is 0.123 e. The van der Waals surface area contributed by atoms with Crippen LogP contribution in [0, 0.1) is 0 Å². The van der Waals surface area contributed by atoms with Crippen molar-refractivity contribution in [1.82, 2.24) is 5.43 Å². The molecule has 0 radical (unpaired) electrons. The smallest absolute Gasteiger partial charge is 0.123 e. The predicted molar refractivity (Wildman–Crippen MR) is 48.6 cm³/mol. The quantitative estimate of drug-likeness (QED) is 0.519. The molecule has 1 rings (SSSR count). The first-order chi connectivity index (χ1) is 5.88. The lowest BCUT2D eigenvalue weighted by atomic mass is 10.2. The van der Waals surface area contributed by atoms with E-state index in [1.165, 1.54) is 0 Å². The highest BCUT2D eigenvalue weighted by Crippen LogP contribution is 2.16. The lowest BCUT2D eigenvalue weighted by Gasteiger charge is -2.08. The molecule has 0 saturated carbocycles. The van der Waals surface area contributed by atoms with Crippen molar-refractivity contribution in [2.24, 2.45) is 5.84 Å². The van der Waals surface area contributed by atoms with Gasteiger partial charge in [0, 0.05) is 12.1 Å². The molecule has 0 aromatic heterocycles. The zero-order valence-corrected chi connectivity index (χ0v) is 7.21. The fourth-order valence-electron chi connectivity index (χ4n) is 1.06. The van der Waals surface area contributed by atoms with E-state index in [1.54, 1.807) is 0 Å². The van der Waals surface area contributed by atoms with E-state index in [-0.39, 0.29) is 0 Å². The van der Waals surface area contributed by atoms with Crippen molar-refractivity contribution in [1.29, 1.82) is 0 Å². The van der Waals surface area contributed by atoms with Gasteiger partial charge in [-0.25, -0.2) is 0 Å². The molecule has 3 nitrogen and oxygen atoms in total. The summed E-state index contributed by atoms with van der Waals surface area (Å²) in [5, 5.41) is 0. The Labute approximate surface area is 72.5 Å². The summed E-state index contributed by atoms with van der Waals surface area (Å²) < 4.78 is 5.39. The maximum atomic E-state index is 5.39. The second kappa shape index (κ2) is 4.74. The first-order valence-electron chi connectivity index (χ1n) is 4.02. The number of hydrogen-bond acceptors (Lipinski definition) is 3. The second-order valence-electron chi connectivity index (χ2n) is 2.42. The average molecular weight is 166 g/mol. The molecule has 0 aliphatic carbocycles. The van der Waals surface area contributed by atoms with E-state index in [1.807, 2.05) is 31.2 Å². The topological polar surface area (TPSA) is 47.3 Å². The molecule has 0 bridgehead atoms. The molecule has 0 unspecified atom stereocenters. The van der Waals surface area contributed by atoms with Crippen LogP contribution in [0.3, 0.4) is 0 Å². The third kappa shape index (κ3) is 2.22. The molecule has 0 aliphatic heterocycles. The third-order valence-electron chi connectivity index (χ3n) is 1.56. The average Bonchev–Trinajstić information content (AvgIpc) is 2.09. The van der Waals surface area contributed by atoms with Crippen LogP contribution in [0.5, 0.6) is 5.75 Å². The summed E-state index contributed by atoms with van der Waals surface area (Å²) in [5.74, 6) is 6.12. The summed E-state index contributed by atoms with van der Waals surface area (Å²) >= 11 is 0. The van der Waals surface area contributed by atoms with Crippen molar-refractivity contribution < 1.29 is 4.74 Å². The molecule has 0 aliphatic rings. The largest absolute Gasteiger partial charge is 0.494 e. The van der Waals surface area contributed by atoms with Crippen molar-refractivity contribution in [3.63, 3.8) is 0 Å². The minimum atomic E-state index is 0.635. The number of para-hydroxylation sites is 1. The third-order valence-corrected chi connectivity index (χ3v) is 1.56. The van der Waals surface area contributed by atoms with Crippen LogP contribution >= 0.6 is 0 Å². The highest BCUT2D eigenvalue weighted by molar-refractivity contribution is 5.32. The highest BCUT2D eigenvalue weighted by Gasteiger charge is 1.99. The Balaban J connectivity index is 2.77. The molecule has 0 fully saturated rings. The summed E-state index contributed by atoms with van der Waals surface area (Å²) in [6.07, 6.45) is 0. The van der Waals surface area contributed by atoms with Crippen LogP contribution < -0.4 is 16.0 Å². The van der Waals surface area contributed by atoms with Crippen LogP contribution in [0.4, 0.5) is 0 Å². The summed E-state index contributed by atoms with van der Waals surface area (Å²) in [4.78, 5) is 0.